The lowest BCUT2D eigenvalue weighted by atomic mass is 10.0. The molecular formula is C21H27N5O. The minimum atomic E-state index is 0.133. The Morgan fingerprint density at radius 1 is 1.22 bits per heavy atom. The highest BCUT2D eigenvalue weighted by molar-refractivity contribution is 5.92. The molecule has 1 fully saturated rings. The molecule has 142 valence electrons. The van der Waals surface area contributed by atoms with E-state index in [1.54, 1.807) is 0 Å². The summed E-state index contributed by atoms with van der Waals surface area (Å²) in [5.41, 5.74) is 5.01. The molecule has 6 nitrogen and oxygen atoms in total. The zero-order valence-corrected chi connectivity index (χ0v) is 16.3. The fourth-order valence-electron chi connectivity index (χ4n) is 4.03. The second kappa shape index (κ2) is 7.27. The molecule has 2 aromatic heterocycles. The summed E-state index contributed by atoms with van der Waals surface area (Å²) in [6.07, 6.45) is 3.25. The number of carbonyl (C=O) groups excluding carboxylic acids is 1. The first-order valence-corrected chi connectivity index (χ1v) is 9.74. The fraction of sp³-hybridized carbons (Fsp3) is 0.476. The molecule has 1 aliphatic heterocycles. The lowest BCUT2D eigenvalue weighted by Gasteiger charge is -2.29. The van der Waals surface area contributed by atoms with Gasteiger partial charge in [-0.25, -0.2) is 9.50 Å². The van der Waals surface area contributed by atoms with Crippen molar-refractivity contribution in [1.29, 1.82) is 0 Å². The summed E-state index contributed by atoms with van der Waals surface area (Å²) in [5, 5.41) is 8.96. The number of carbonyl (C=O) groups is 1. The number of piperidine rings is 1. The first-order chi connectivity index (χ1) is 13.0. The van der Waals surface area contributed by atoms with Crippen LogP contribution in [0.3, 0.4) is 0 Å². The standard InChI is InChI=1S/C21H27N5O/c1-14-17(8-9-20(27)23-16-10-12-25(3)13-11-16)15(2)26-21(22-14)18-6-4-5-7-19(18)24-26/h4-7,16H,8-13H2,1-3H3,(H,23,27). The number of fused-ring (bicyclic) bond motifs is 3. The first kappa shape index (κ1) is 17.9. The van der Waals surface area contributed by atoms with Crippen molar-refractivity contribution in [1.82, 2.24) is 24.8 Å². The molecule has 0 unspecified atom stereocenters. The lowest BCUT2D eigenvalue weighted by molar-refractivity contribution is -0.122. The third kappa shape index (κ3) is 3.54. The highest BCUT2D eigenvalue weighted by Crippen LogP contribution is 2.23. The smallest absolute Gasteiger partial charge is 0.220 e. The van der Waals surface area contributed by atoms with Crippen LogP contribution in [0.5, 0.6) is 0 Å². The van der Waals surface area contributed by atoms with Crippen molar-refractivity contribution in [2.45, 2.75) is 45.6 Å². The lowest BCUT2D eigenvalue weighted by Crippen LogP contribution is -2.43. The molecule has 1 N–H and O–H groups in total. The Kier molecular flexibility index (Phi) is 4.83. The van der Waals surface area contributed by atoms with E-state index in [4.69, 9.17) is 10.1 Å². The van der Waals surface area contributed by atoms with Crippen LogP contribution in [0.15, 0.2) is 24.3 Å². The average molecular weight is 365 g/mol. The number of nitrogens with zero attached hydrogens (tertiary/aromatic N) is 4. The molecule has 0 spiro atoms. The third-order valence-electron chi connectivity index (χ3n) is 5.70. The van der Waals surface area contributed by atoms with E-state index in [-0.39, 0.29) is 5.91 Å². The molecule has 0 saturated carbocycles. The second-order valence-electron chi connectivity index (χ2n) is 7.66. The zero-order chi connectivity index (χ0) is 19.0. The predicted molar refractivity (Wildman–Crippen MR) is 107 cm³/mol. The van der Waals surface area contributed by atoms with Gasteiger partial charge in [0.15, 0.2) is 5.65 Å². The summed E-state index contributed by atoms with van der Waals surface area (Å²) in [6, 6.07) is 8.38. The molecule has 3 heterocycles. The maximum atomic E-state index is 12.4. The molecule has 0 bridgehead atoms. The number of likely N-dealkylation sites (tertiary alicyclic amines) is 1. The van der Waals surface area contributed by atoms with Crippen LogP contribution in [0.4, 0.5) is 0 Å². The molecule has 27 heavy (non-hydrogen) atoms. The molecule has 0 radical (unpaired) electrons. The van der Waals surface area contributed by atoms with Gasteiger partial charge in [-0.2, -0.15) is 5.10 Å². The normalized spacial score (nSPS) is 16.3. The number of rotatable bonds is 4. The number of aryl methyl sites for hydroxylation is 2. The van der Waals surface area contributed by atoms with Crippen LogP contribution in [0.25, 0.3) is 16.6 Å². The van der Waals surface area contributed by atoms with Crippen LogP contribution in [0.1, 0.15) is 36.2 Å². The first-order valence-electron chi connectivity index (χ1n) is 9.74. The van der Waals surface area contributed by atoms with E-state index >= 15 is 0 Å². The van der Waals surface area contributed by atoms with Gasteiger partial charge in [0.05, 0.1) is 5.52 Å². The highest BCUT2D eigenvalue weighted by Gasteiger charge is 2.19. The van der Waals surface area contributed by atoms with Gasteiger partial charge in [-0.15, -0.1) is 0 Å². The highest BCUT2D eigenvalue weighted by atomic mass is 16.1. The molecule has 0 aliphatic carbocycles. The van der Waals surface area contributed by atoms with E-state index < -0.39 is 0 Å². The number of nitrogens with one attached hydrogen (secondary N) is 1. The Labute approximate surface area is 159 Å². The van der Waals surface area contributed by atoms with Gasteiger partial charge in [-0.3, -0.25) is 4.79 Å². The number of hydrogen-bond donors (Lipinski definition) is 1. The Bertz CT molecular complexity index is 985. The van der Waals surface area contributed by atoms with Gasteiger partial charge in [0.2, 0.25) is 5.91 Å². The van der Waals surface area contributed by atoms with Crippen LogP contribution >= 0.6 is 0 Å². The van der Waals surface area contributed by atoms with E-state index in [0.717, 1.165) is 59.4 Å². The molecule has 6 heteroatoms. The summed E-state index contributed by atoms with van der Waals surface area (Å²) in [4.78, 5) is 19.5. The van der Waals surface area contributed by atoms with E-state index in [2.05, 4.69) is 30.3 Å². The summed E-state index contributed by atoms with van der Waals surface area (Å²) >= 11 is 0. The average Bonchev–Trinajstić information content (AvgIpc) is 3.02. The Morgan fingerprint density at radius 2 is 1.96 bits per heavy atom. The molecular weight excluding hydrogens is 338 g/mol. The predicted octanol–water partition coefficient (Wildman–Crippen LogP) is 2.64. The molecule has 1 saturated heterocycles. The number of aromatic nitrogens is 3. The quantitative estimate of drug-likeness (QED) is 0.772. The summed E-state index contributed by atoms with van der Waals surface area (Å²) < 4.78 is 1.92. The number of benzene rings is 1. The van der Waals surface area contributed by atoms with Crippen LogP contribution in [0, 0.1) is 13.8 Å². The Hall–Kier alpha value is -2.47. The topological polar surface area (TPSA) is 62.5 Å². The maximum absolute atomic E-state index is 12.4. The molecule has 3 aromatic rings. The monoisotopic (exact) mass is 365 g/mol. The van der Waals surface area contributed by atoms with Gasteiger partial charge < -0.3 is 10.2 Å². The fourth-order valence-corrected chi connectivity index (χ4v) is 4.03. The zero-order valence-electron chi connectivity index (χ0n) is 16.3. The van der Waals surface area contributed by atoms with E-state index in [1.165, 1.54) is 0 Å². The van der Waals surface area contributed by atoms with Crippen molar-refractivity contribution >= 4 is 22.5 Å². The maximum Gasteiger partial charge on any atom is 0.220 e. The van der Waals surface area contributed by atoms with Gasteiger partial charge in [0.25, 0.3) is 0 Å². The van der Waals surface area contributed by atoms with Crippen molar-refractivity contribution in [3.05, 3.63) is 41.2 Å². The number of hydrogen-bond acceptors (Lipinski definition) is 4. The van der Waals surface area contributed by atoms with Gasteiger partial charge in [-0.05, 0) is 70.9 Å². The molecule has 0 atom stereocenters. The second-order valence-corrected chi connectivity index (χ2v) is 7.66. The minimum absolute atomic E-state index is 0.133. The molecule has 1 amide bonds. The van der Waals surface area contributed by atoms with E-state index in [1.807, 2.05) is 29.6 Å². The van der Waals surface area contributed by atoms with Gasteiger partial charge >= 0.3 is 0 Å². The van der Waals surface area contributed by atoms with Crippen molar-refractivity contribution in [2.75, 3.05) is 20.1 Å². The van der Waals surface area contributed by atoms with Crippen molar-refractivity contribution in [3.8, 4) is 0 Å². The van der Waals surface area contributed by atoms with Crippen LogP contribution in [-0.2, 0) is 11.2 Å². The summed E-state index contributed by atoms with van der Waals surface area (Å²) in [6.45, 7) is 6.20. The van der Waals surface area contributed by atoms with Crippen molar-refractivity contribution < 1.29 is 4.79 Å². The minimum Gasteiger partial charge on any atom is -0.353 e. The van der Waals surface area contributed by atoms with Crippen molar-refractivity contribution in [3.63, 3.8) is 0 Å². The van der Waals surface area contributed by atoms with Gasteiger partial charge in [0, 0.05) is 29.2 Å². The molecule has 4 rings (SSSR count). The summed E-state index contributed by atoms with van der Waals surface area (Å²) in [5.74, 6) is 0.133. The third-order valence-corrected chi connectivity index (χ3v) is 5.70. The van der Waals surface area contributed by atoms with Gasteiger partial charge in [0.1, 0.15) is 0 Å². The van der Waals surface area contributed by atoms with Crippen LogP contribution in [0.2, 0.25) is 0 Å². The van der Waals surface area contributed by atoms with Crippen LogP contribution < -0.4 is 5.32 Å². The van der Waals surface area contributed by atoms with Crippen molar-refractivity contribution in [2.24, 2.45) is 0 Å². The largest absolute Gasteiger partial charge is 0.353 e. The summed E-state index contributed by atoms with van der Waals surface area (Å²) in [7, 11) is 2.13. The van der Waals surface area contributed by atoms with E-state index in [0.29, 0.717) is 18.9 Å². The SMILES string of the molecule is Cc1nc2c3ccccc3nn2c(C)c1CCC(=O)NC1CCN(C)CC1. The van der Waals surface area contributed by atoms with E-state index in [9.17, 15) is 4.79 Å². The van der Waals surface area contributed by atoms with Crippen LogP contribution in [-0.4, -0.2) is 51.6 Å². The molecule has 1 aromatic carbocycles. The molecule has 1 aliphatic rings. The van der Waals surface area contributed by atoms with Gasteiger partial charge in [-0.1, -0.05) is 12.1 Å². The number of amides is 1. The Balaban J connectivity index is 1.50. The Morgan fingerprint density at radius 3 is 2.74 bits per heavy atom.